The lowest BCUT2D eigenvalue weighted by molar-refractivity contribution is 0.0697. The highest BCUT2D eigenvalue weighted by Gasteiger charge is 2.10. The second-order valence-corrected chi connectivity index (χ2v) is 4.60. The van der Waals surface area contributed by atoms with Crippen molar-refractivity contribution in [3.05, 3.63) is 53.6 Å². The van der Waals surface area contributed by atoms with Crippen LogP contribution in [-0.2, 0) is 6.54 Å². The molecule has 0 heterocycles. The molecular formula is C15H16N2O3. The number of aromatic hydroxyl groups is 1. The molecule has 0 aliphatic carbocycles. The molecule has 0 fully saturated rings. The molecule has 2 aromatic rings. The van der Waals surface area contributed by atoms with Crippen LogP contribution in [0, 0.1) is 0 Å². The number of carboxylic acid groups (broad SMARTS) is 1. The van der Waals surface area contributed by atoms with Gasteiger partial charge in [0.05, 0.1) is 16.9 Å². The highest BCUT2D eigenvalue weighted by Crippen LogP contribution is 2.25. The molecule has 20 heavy (non-hydrogen) atoms. The Morgan fingerprint density at radius 1 is 1.25 bits per heavy atom. The molecule has 0 aliphatic heterocycles. The molecule has 0 bridgehead atoms. The zero-order valence-corrected chi connectivity index (χ0v) is 11.1. The minimum atomic E-state index is -1.00. The van der Waals surface area contributed by atoms with Crippen molar-refractivity contribution in [2.75, 3.05) is 17.7 Å². The molecule has 4 N–H and O–H groups in total. The van der Waals surface area contributed by atoms with Crippen LogP contribution in [0.3, 0.4) is 0 Å². The van der Waals surface area contributed by atoms with E-state index in [-0.39, 0.29) is 11.3 Å². The molecule has 0 unspecified atom stereocenters. The van der Waals surface area contributed by atoms with E-state index in [1.165, 1.54) is 12.1 Å². The largest absolute Gasteiger partial charge is 0.508 e. The van der Waals surface area contributed by atoms with E-state index < -0.39 is 5.97 Å². The summed E-state index contributed by atoms with van der Waals surface area (Å²) in [5.74, 6) is -0.788. The highest BCUT2D eigenvalue weighted by atomic mass is 16.4. The fourth-order valence-electron chi connectivity index (χ4n) is 2.05. The van der Waals surface area contributed by atoms with Crippen LogP contribution in [-0.4, -0.2) is 23.2 Å². The first-order chi connectivity index (χ1) is 9.47. The molecule has 2 aromatic carbocycles. The maximum atomic E-state index is 10.9. The first-order valence-electron chi connectivity index (χ1n) is 6.09. The van der Waals surface area contributed by atoms with E-state index in [1.54, 1.807) is 24.3 Å². The van der Waals surface area contributed by atoms with Gasteiger partial charge >= 0.3 is 5.97 Å². The molecule has 0 amide bonds. The number of nitrogens with two attached hydrogens (primary N) is 1. The van der Waals surface area contributed by atoms with Crippen LogP contribution in [0.2, 0.25) is 0 Å². The summed E-state index contributed by atoms with van der Waals surface area (Å²) in [6, 6.07) is 11.6. The molecule has 5 nitrogen and oxygen atoms in total. The normalized spacial score (nSPS) is 10.2. The van der Waals surface area contributed by atoms with Crippen molar-refractivity contribution in [1.82, 2.24) is 0 Å². The van der Waals surface area contributed by atoms with Gasteiger partial charge in [-0.3, -0.25) is 0 Å². The number of nitrogen functional groups attached to an aromatic ring is 1. The van der Waals surface area contributed by atoms with Gasteiger partial charge in [-0.1, -0.05) is 12.1 Å². The van der Waals surface area contributed by atoms with Gasteiger partial charge in [-0.05, 0) is 35.9 Å². The summed E-state index contributed by atoms with van der Waals surface area (Å²) in [7, 11) is 1.86. The summed E-state index contributed by atoms with van der Waals surface area (Å²) in [5.41, 5.74) is 8.15. The minimum absolute atomic E-state index is 0.164. The number of hydrogen-bond donors (Lipinski definition) is 3. The lowest BCUT2D eigenvalue weighted by Crippen LogP contribution is -2.18. The number of phenols is 1. The van der Waals surface area contributed by atoms with Crippen molar-refractivity contribution in [2.45, 2.75) is 6.54 Å². The summed E-state index contributed by atoms with van der Waals surface area (Å²) in [6.45, 7) is 0.561. The standard InChI is InChI=1S/C15H16N2O3/c1-17(9-10-3-2-4-12(18)7-10)14-6-5-11(15(19)20)8-13(14)16/h2-8,18H,9,16H2,1H3,(H,19,20). The summed E-state index contributed by atoms with van der Waals surface area (Å²) in [6.07, 6.45) is 0. The minimum Gasteiger partial charge on any atom is -0.508 e. The Balaban J connectivity index is 2.21. The van der Waals surface area contributed by atoms with Gasteiger partial charge in [0.1, 0.15) is 5.75 Å². The average Bonchev–Trinajstić information content (AvgIpc) is 2.38. The Bertz CT molecular complexity index is 641. The third-order valence-electron chi connectivity index (χ3n) is 3.02. The Hall–Kier alpha value is -2.69. The first kappa shape index (κ1) is 13.7. The highest BCUT2D eigenvalue weighted by molar-refractivity contribution is 5.90. The molecule has 2 rings (SSSR count). The van der Waals surface area contributed by atoms with E-state index in [4.69, 9.17) is 10.8 Å². The third-order valence-corrected chi connectivity index (χ3v) is 3.02. The molecule has 0 aromatic heterocycles. The van der Waals surface area contributed by atoms with Crippen LogP contribution >= 0.6 is 0 Å². The molecule has 0 atom stereocenters. The summed E-state index contributed by atoms with van der Waals surface area (Å²) < 4.78 is 0. The van der Waals surface area contributed by atoms with Crippen LogP contribution < -0.4 is 10.6 Å². The molecule has 104 valence electrons. The number of hydrogen-bond acceptors (Lipinski definition) is 4. The maximum absolute atomic E-state index is 10.9. The maximum Gasteiger partial charge on any atom is 0.335 e. The van der Waals surface area contributed by atoms with Crippen molar-refractivity contribution in [3.63, 3.8) is 0 Å². The lowest BCUT2D eigenvalue weighted by atomic mass is 10.1. The number of carboxylic acids is 1. The van der Waals surface area contributed by atoms with Crippen LogP contribution in [0.4, 0.5) is 11.4 Å². The molecular weight excluding hydrogens is 256 g/mol. The topological polar surface area (TPSA) is 86.8 Å². The predicted molar refractivity (Wildman–Crippen MR) is 78.0 cm³/mol. The van der Waals surface area contributed by atoms with Crippen molar-refractivity contribution < 1.29 is 15.0 Å². The zero-order chi connectivity index (χ0) is 14.7. The summed E-state index contributed by atoms with van der Waals surface area (Å²) >= 11 is 0. The van der Waals surface area contributed by atoms with Crippen molar-refractivity contribution in [1.29, 1.82) is 0 Å². The fraction of sp³-hybridized carbons (Fsp3) is 0.133. The quantitative estimate of drug-likeness (QED) is 0.743. The van der Waals surface area contributed by atoms with Crippen LogP contribution in [0.15, 0.2) is 42.5 Å². The first-order valence-corrected chi connectivity index (χ1v) is 6.09. The summed E-state index contributed by atoms with van der Waals surface area (Å²) in [4.78, 5) is 12.8. The second kappa shape index (κ2) is 5.52. The number of nitrogens with zero attached hydrogens (tertiary/aromatic N) is 1. The van der Waals surface area contributed by atoms with Crippen LogP contribution in [0.25, 0.3) is 0 Å². The fourth-order valence-corrected chi connectivity index (χ4v) is 2.05. The van der Waals surface area contributed by atoms with Gasteiger partial charge in [0.2, 0.25) is 0 Å². The van der Waals surface area contributed by atoms with Gasteiger partial charge in [0, 0.05) is 13.6 Å². The number of aromatic carboxylic acids is 1. The number of anilines is 2. The smallest absolute Gasteiger partial charge is 0.335 e. The second-order valence-electron chi connectivity index (χ2n) is 4.60. The molecule has 0 saturated carbocycles. The number of carbonyl (C=O) groups is 1. The zero-order valence-electron chi connectivity index (χ0n) is 11.1. The van der Waals surface area contributed by atoms with Gasteiger partial charge < -0.3 is 20.8 Å². The monoisotopic (exact) mass is 272 g/mol. The number of phenolic OH excluding ortho intramolecular Hbond substituents is 1. The number of benzene rings is 2. The van der Waals surface area contributed by atoms with E-state index in [1.807, 2.05) is 18.0 Å². The van der Waals surface area contributed by atoms with Gasteiger partial charge in [0.25, 0.3) is 0 Å². The molecule has 0 radical (unpaired) electrons. The van der Waals surface area contributed by atoms with Gasteiger partial charge in [-0.25, -0.2) is 4.79 Å². The Kier molecular flexibility index (Phi) is 3.79. The van der Waals surface area contributed by atoms with Crippen molar-refractivity contribution in [3.8, 4) is 5.75 Å². The SMILES string of the molecule is CN(Cc1cccc(O)c1)c1ccc(C(=O)O)cc1N. The lowest BCUT2D eigenvalue weighted by Gasteiger charge is -2.21. The Labute approximate surface area is 116 Å². The van der Waals surface area contributed by atoms with E-state index in [9.17, 15) is 9.90 Å². The van der Waals surface area contributed by atoms with Gasteiger partial charge in [-0.2, -0.15) is 0 Å². The molecule has 5 heteroatoms. The Morgan fingerprint density at radius 3 is 2.60 bits per heavy atom. The van der Waals surface area contributed by atoms with E-state index in [0.717, 1.165) is 11.3 Å². The van der Waals surface area contributed by atoms with Crippen molar-refractivity contribution >= 4 is 17.3 Å². The van der Waals surface area contributed by atoms with Crippen LogP contribution in [0.1, 0.15) is 15.9 Å². The summed E-state index contributed by atoms with van der Waals surface area (Å²) in [5, 5.41) is 18.3. The van der Waals surface area contributed by atoms with E-state index in [0.29, 0.717) is 12.2 Å². The average molecular weight is 272 g/mol. The third kappa shape index (κ3) is 3.00. The molecule has 0 aliphatic rings. The van der Waals surface area contributed by atoms with Gasteiger partial charge in [0.15, 0.2) is 0 Å². The number of rotatable bonds is 4. The Morgan fingerprint density at radius 2 is 2.00 bits per heavy atom. The molecule has 0 spiro atoms. The van der Waals surface area contributed by atoms with Crippen molar-refractivity contribution in [2.24, 2.45) is 0 Å². The predicted octanol–water partition coefficient (Wildman–Crippen LogP) is 2.31. The van der Waals surface area contributed by atoms with Gasteiger partial charge in [-0.15, -0.1) is 0 Å². The molecule has 0 saturated heterocycles. The van der Waals surface area contributed by atoms with Crippen LogP contribution in [0.5, 0.6) is 5.75 Å². The van der Waals surface area contributed by atoms with E-state index in [2.05, 4.69) is 0 Å². The van der Waals surface area contributed by atoms with E-state index >= 15 is 0 Å².